The van der Waals surface area contributed by atoms with Gasteiger partial charge in [0.15, 0.2) is 0 Å². The van der Waals surface area contributed by atoms with Crippen LogP contribution in [0.15, 0.2) is 48.5 Å². The average molecular weight is 376 g/mol. The quantitative estimate of drug-likeness (QED) is 0.769. The average Bonchev–Trinajstić information content (AvgIpc) is 2.70. The summed E-state index contributed by atoms with van der Waals surface area (Å²) in [4.78, 5) is 16.3. The maximum absolute atomic E-state index is 12.2. The molecule has 0 saturated carbocycles. The van der Waals surface area contributed by atoms with Crippen molar-refractivity contribution in [1.29, 1.82) is 5.26 Å². The van der Waals surface area contributed by atoms with Gasteiger partial charge in [0, 0.05) is 32.6 Å². The third-order valence-corrected chi connectivity index (χ3v) is 5.78. The van der Waals surface area contributed by atoms with Crippen molar-refractivity contribution in [3.05, 3.63) is 59.7 Å². The van der Waals surface area contributed by atoms with Crippen LogP contribution in [0.3, 0.4) is 0 Å². The van der Waals surface area contributed by atoms with Gasteiger partial charge in [-0.3, -0.25) is 9.69 Å². The van der Waals surface area contributed by atoms with Crippen LogP contribution in [0.25, 0.3) is 11.1 Å². The van der Waals surface area contributed by atoms with Gasteiger partial charge in [-0.2, -0.15) is 5.26 Å². The van der Waals surface area contributed by atoms with Gasteiger partial charge in [-0.15, -0.1) is 0 Å². The Morgan fingerprint density at radius 1 is 1.11 bits per heavy atom. The van der Waals surface area contributed by atoms with Gasteiger partial charge >= 0.3 is 0 Å². The molecule has 1 fully saturated rings. The highest BCUT2D eigenvalue weighted by molar-refractivity contribution is 5.95. The van der Waals surface area contributed by atoms with E-state index in [0.29, 0.717) is 12.0 Å². The second-order valence-corrected chi connectivity index (χ2v) is 8.40. The lowest BCUT2D eigenvalue weighted by Crippen LogP contribution is -2.38. The predicted octanol–water partition coefficient (Wildman–Crippen LogP) is 4.57. The molecule has 0 unspecified atom stereocenters. The molecule has 0 atom stereocenters. The lowest BCUT2D eigenvalue weighted by Gasteiger charge is -2.38. The molecule has 1 heterocycles. The molecule has 0 aliphatic carbocycles. The van der Waals surface area contributed by atoms with E-state index in [0.717, 1.165) is 43.6 Å². The van der Waals surface area contributed by atoms with Crippen molar-refractivity contribution in [3.63, 3.8) is 0 Å². The molecular weight excluding hydrogens is 346 g/mol. The molecule has 2 aromatic carbocycles. The fourth-order valence-corrected chi connectivity index (χ4v) is 3.77. The summed E-state index contributed by atoms with van der Waals surface area (Å²) >= 11 is 0. The number of amides is 1. The van der Waals surface area contributed by atoms with E-state index in [-0.39, 0.29) is 11.3 Å². The number of rotatable bonds is 5. The van der Waals surface area contributed by atoms with E-state index in [1.165, 1.54) is 5.56 Å². The minimum atomic E-state index is 0.0203. The van der Waals surface area contributed by atoms with Crippen molar-refractivity contribution in [3.8, 4) is 17.2 Å². The number of piperidine rings is 1. The first kappa shape index (κ1) is 20.1. The Balaban J connectivity index is 1.64. The summed E-state index contributed by atoms with van der Waals surface area (Å²) < 4.78 is 0. The van der Waals surface area contributed by atoms with Gasteiger partial charge in [-0.1, -0.05) is 43.3 Å². The number of nitriles is 1. The van der Waals surface area contributed by atoms with Crippen LogP contribution in [0.1, 0.15) is 42.1 Å². The first-order chi connectivity index (χ1) is 13.4. The standard InChI is InChI=1S/C24H29N3O/c1-24(11-14-25)12-15-27(16-13-24)18-19-7-9-20(10-8-19)21-5-4-6-22(17-21)23(28)26(2)3/h4-10,17H,11-13,15-16,18H2,1-3H3. The molecule has 1 aliphatic rings. The van der Waals surface area contributed by atoms with Gasteiger partial charge in [0.05, 0.1) is 6.07 Å². The number of benzene rings is 2. The number of carbonyl (C=O) groups excluding carboxylic acids is 1. The van der Waals surface area contributed by atoms with Gasteiger partial charge < -0.3 is 4.90 Å². The van der Waals surface area contributed by atoms with Gasteiger partial charge in [0.25, 0.3) is 5.91 Å². The zero-order valence-corrected chi connectivity index (χ0v) is 17.1. The molecule has 4 nitrogen and oxygen atoms in total. The van der Waals surface area contributed by atoms with E-state index in [4.69, 9.17) is 5.26 Å². The minimum absolute atomic E-state index is 0.0203. The summed E-state index contributed by atoms with van der Waals surface area (Å²) in [6.07, 6.45) is 2.83. The fourth-order valence-electron chi connectivity index (χ4n) is 3.77. The Hall–Kier alpha value is -2.64. The highest BCUT2D eigenvalue weighted by atomic mass is 16.2. The van der Waals surface area contributed by atoms with Gasteiger partial charge in [-0.25, -0.2) is 0 Å². The molecule has 0 aromatic heterocycles. The van der Waals surface area contributed by atoms with Crippen LogP contribution < -0.4 is 0 Å². The number of hydrogen-bond acceptors (Lipinski definition) is 3. The highest BCUT2D eigenvalue weighted by Gasteiger charge is 2.29. The first-order valence-corrected chi connectivity index (χ1v) is 9.90. The van der Waals surface area contributed by atoms with Gasteiger partial charge in [0.1, 0.15) is 0 Å². The van der Waals surface area contributed by atoms with Crippen molar-refractivity contribution in [2.75, 3.05) is 27.2 Å². The van der Waals surface area contributed by atoms with Crippen LogP contribution in [-0.2, 0) is 6.54 Å². The third-order valence-electron chi connectivity index (χ3n) is 5.78. The summed E-state index contributed by atoms with van der Waals surface area (Å²) in [7, 11) is 3.54. The van der Waals surface area contributed by atoms with E-state index < -0.39 is 0 Å². The molecule has 1 aliphatic heterocycles. The Morgan fingerprint density at radius 3 is 2.39 bits per heavy atom. The van der Waals surface area contributed by atoms with Crippen LogP contribution in [-0.4, -0.2) is 42.9 Å². The monoisotopic (exact) mass is 375 g/mol. The maximum atomic E-state index is 12.2. The van der Waals surface area contributed by atoms with Crippen LogP contribution in [0.2, 0.25) is 0 Å². The fraction of sp³-hybridized carbons (Fsp3) is 0.417. The van der Waals surface area contributed by atoms with Crippen molar-refractivity contribution in [1.82, 2.24) is 9.80 Å². The van der Waals surface area contributed by atoms with E-state index in [1.807, 2.05) is 24.3 Å². The van der Waals surface area contributed by atoms with Crippen LogP contribution in [0.5, 0.6) is 0 Å². The normalized spacial score (nSPS) is 16.4. The van der Waals surface area contributed by atoms with E-state index in [9.17, 15) is 4.79 Å². The van der Waals surface area contributed by atoms with Crippen molar-refractivity contribution in [2.24, 2.45) is 5.41 Å². The molecule has 0 bridgehead atoms. The maximum Gasteiger partial charge on any atom is 0.253 e. The Labute approximate surface area is 168 Å². The smallest absolute Gasteiger partial charge is 0.253 e. The molecule has 146 valence electrons. The zero-order valence-electron chi connectivity index (χ0n) is 17.1. The SMILES string of the molecule is CN(C)C(=O)c1cccc(-c2ccc(CN3CCC(C)(CC#N)CC3)cc2)c1. The molecule has 2 aromatic rings. The third kappa shape index (κ3) is 4.79. The van der Waals surface area contributed by atoms with Crippen molar-refractivity contribution < 1.29 is 4.79 Å². The van der Waals surface area contributed by atoms with Crippen LogP contribution in [0, 0.1) is 16.7 Å². The van der Waals surface area contributed by atoms with E-state index in [1.54, 1.807) is 19.0 Å². The minimum Gasteiger partial charge on any atom is -0.345 e. The summed E-state index contributed by atoms with van der Waals surface area (Å²) in [6, 6.07) is 18.8. The molecule has 28 heavy (non-hydrogen) atoms. The second-order valence-electron chi connectivity index (χ2n) is 8.40. The molecule has 4 heteroatoms. The predicted molar refractivity (Wildman–Crippen MR) is 113 cm³/mol. The number of hydrogen-bond donors (Lipinski definition) is 0. The second kappa shape index (κ2) is 8.58. The lowest BCUT2D eigenvalue weighted by atomic mass is 9.78. The molecule has 0 radical (unpaired) electrons. The summed E-state index contributed by atoms with van der Waals surface area (Å²) in [5, 5.41) is 8.99. The van der Waals surface area contributed by atoms with Gasteiger partial charge in [-0.05, 0) is 60.2 Å². The Bertz CT molecular complexity index is 856. The summed E-state index contributed by atoms with van der Waals surface area (Å²) in [6.45, 7) is 5.28. The molecule has 0 spiro atoms. The Morgan fingerprint density at radius 2 is 1.79 bits per heavy atom. The van der Waals surface area contributed by atoms with Crippen LogP contribution in [0.4, 0.5) is 0 Å². The Kier molecular flexibility index (Phi) is 6.16. The summed E-state index contributed by atoms with van der Waals surface area (Å²) in [5.41, 5.74) is 4.37. The molecule has 3 rings (SSSR count). The van der Waals surface area contributed by atoms with Gasteiger partial charge in [0.2, 0.25) is 0 Å². The largest absolute Gasteiger partial charge is 0.345 e. The van der Waals surface area contributed by atoms with Crippen molar-refractivity contribution in [2.45, 2.75) is 32.7 Å². The number of carbonyl (C=O) groups is 1. The molecule has 1 amide bonds. The topological polar surface area (TPSA) is 47.3 Å². The van der Waals surface area contributed by atoms with E-state index >= 15 is 0 Å². The van der Waals surface area contributed by atoms with E-state index in [2.05, 4.69) is 42.2 Å². The zero-order chi connectivity index (χ0) is 20.1. The molecular formula is C24H29N3O. The van der Waals surface area contributed by atoms with Crippen molar-refractivity contribution >= 4 is 5.91 Å². The number of nitrogens with zero attached hydrogens (tertiary/aromatic N) is 3. The molecule has 0 N–H and O–H groups in total. The van der Waals surface area contributed by atoms with Crippen LogP contribution >= 0.6 is 0 Å². The highest BCUT2D eigenvalue weighted by Crippen LogP contribution is 2.34. The number of likely N-dealkylation sites (tertiary alicyclic amines) is 1. The molecule has 1 saturated heterocycles. The summed E-state index contributed by atoms with van der Waals surface area (Å²) in [5.74, 6) is 0.0203. The lowest BCUT2D eigenvalue weighted by molar-refractivity contribution is 0.0827. The first-order valence-electron chi connectivity index (χ1n) is 9.90.